The van der Waals surface area contributed by atoms with Gasteiger partial charge in [0.25, 0.3) is 0 Å². The molecule has 1 aromatic rings. The number of rotatable bonds is 6. The van der Waals surface area contributed by atoms with Crippen molar-refractivity contribution in [2.45, 2.75) is 32.9 Å². The molecule has 0 saturated carbocycles. The van der Waals surface area contributed by atoms with E-state index in [-0.39, 0.29) is 29.3 Å². The lowest BCUT2D eigenvalue weighted by Crippen LogP contribution is -2.17. The Morgan fingerprint density at radius 3 is 2.72 bits per heavy atom. The van der Waals surface area contributed by atoms with Crippen molar-refractivity contribution in [1.29, 1.82) is 0 Å². The Labute approximate surface area is 110 Å². The predicted molar refractivity (Wildman–Crippen MR) is 67.8 cm³/mol. The van der Waals surface area contributed by atoms with E-state index < -0.39 is 4.92 Å². The molecule has 8 heteroatoms. The summed E-state index contributed by atoms with van der Waals surface area (Å²) in [5, 5.41) is 13.7. The number of nitrogens with zero attached hydrogens (tertiary/aromatic N) is 3. The molecule has 1 rings (SSSR count). The smallest absolute Gasteiger partial charge is 0.348 e. The van der Waals surface area contributed by atoms with E-state index in [4.69, 9.17) is 16.3 Å². The molecule has 0 aliphatic rings. The molecule has 18 heavy (non-hydrogen) atoms. The van der Waals surface area contributed by atoms with Gasteiger partial charge in [-0.3, -0.25) is 10.1 Å². The summed E-state index contributed by atoms with van der Waals surface area (Å²) in [5.74, 6) is 0.431. The third-order valence-corrected chi connectivity index (χ3v) is 2.60. The van der Waals surface area contributed by atoms with Crippen LogP contribution in [-0.4, -0.2) is 28.0 Å². The second-order valence-electron chi connectivity index (χ2n) is 3.77. The number of aromatic nitrogens is 2. The van der Waals surface area contributed by atoms with Crippen molar-refractivity contribution < 1.29 is 9.66 Å². The third kappa shape index (κ3) is 3.51. The van der Waals surface area contributed by atoms with Crippen LogP contribution >= 0.6 is 11.6 Å². The fourth-order valence-corrected chi connectivity index (χ4v) is 1.52. The number of nitrogens with one attached hydrogen (secondary N) is 1. The summed E-state index contributed by atoms with van der Waals surface area (Å²) in [5.41, 5.74) is -0.309. The van der Waals surface area contributed by atoms with Crippen molar-refractivity contribution in [3.8, 4) is 0 Å². The summed E-state index contributed by atoms with van der Waals surface area (Å²) in [4.78, 5) is 18.2. The standard InChI is InChI=1S/C10H15ClN4O3/c1-4-6(2)12-10-8(15(16)17)9(11)13-7(14-10)5-18-3/h6H,4-5H2,1-3H3,(H,12,13,14). The van der Waals surface area contributed by atoms with E-state index in [9.17, 15) is 10.1 Å². The van der Waals surface area contributed by atoms with Crippen LogP contribution < -0.4 is 5.32 Å². The minimum atomic E-state index is -0.594. The van der Waals surface area contributed by atoms with Gasteiger partial charge in [0.1, 0.15) is 6.61 Å². The Morgan fingerprint density at radius 1 is 1.56 bits per heavy atom. The van der Waals surface area contributed by atoms with Gasteiger partial charge in [0.15, 0.2) is 5.82 Å². The number of anilines is 1. The Balaban J connectivity index is 3.19. The molecule has 0 saturated heterocycles. The van der Waals surface area contributed by atoms with E-state index in [1.165, 1.54) is 7.11 Å². The molecule has 0 radical (unpaired) electrons. The number of ether oxygens (including phenoxy) is 1. The molecule has 0 aromatic carbocycles. The first kappa shape index (κ1) is 14.6. The van der Waals surface area contributed by atoms with Crippen LogP contribution in [-0.2, 0) is 11.3 Å². The van der Waals surface area contributed by atoms with Gasteiger partial charge in [-0.25, -0.2) is 9.97 Å². The van der Waals surface area contributed by atoms with Gasteiger partial charge in [-0.15, -0.1) is 0 Å². The largest absolute Gasteiger partial charge is 0.377 e. The maximum atomic E-state index is 11.0. The van der Waals surface area contributed by atoms with Gasteiger partial charge in [-0.2, -0.15) is 0 Å². The molecule has 100 valence electrons. The quantitative estimate of drug-likeness (QED) is 0.487. The summed E-state index contributed by atoms with van der Waals surface area (Å²) in [6, 6.07) is 0.0464. The maximum absolute atomic E-state index is 11.0. The van der Waals surface area contributed by atoms with E-state index in [1.54, 1.807) is 0 Å². The van der Waals surface area contributed by atoms with Crippen LogP contribution in [0.4, 0.5) is 11.5 Å². The Kier molecular flexibility index (Phi) is 5.24. The average Bonchev–Trinajstić information content (AvgIpc) is 2.28. The molecule has 0 bridgehead atoms. The van der Waals surface area contributed by atoms with Crippen molar-refractivity contribution in [2.75, 3.05) is 12.4 Å². The first-order valence-electron chi connectivity index (χ1n) is 5.45. The van der Waals surface area contributed by atoms with E-state index in [0.29, 0.717) is 5.82 Å². The Hall–Kier alpha value is -1.47. The first-order valence-corrected chi connectivity index (χ1v) is 5.83. The lowest BCUT2D eigenvalue weighted by atomic mass is 10.2. The molecule has 0 aliphatic heterocycles. The molecule has 0 aliphatic carbocycles. The van der Waals surface area contributed by atoms with Crippen LogP contribution in [0.25, 0.3) is 0 Å². The second-order valence-corrected chi connectivity index (χ2v) is 4.13. The van der Waals surface area contributed by atoms with Gasteiger partial charge < -0.3 is 10.1 Å². The fraction of sp³-hybridized carbons (Fsp3) is 0.600. The normalized spacial score (nSPS) is 12.2. The minimum Gasteiger partial charge on any atom is -0.377 e. The van der Waals surface area contributed by atoms with Crippen LogP contribution in [0.1, 0.15) is 26.1 Å². The van der Waals surface area contributed by atoms with Gasteiger partial charge in [-0.05, 0) is 13.3 Å². The zero-order valence-electron chi connectivity index (χ0n) is 10.4. The van der Waals surface area contributed by atoms with Crippen LogP contribution in [0.2, 0.25) is 5.15 Å². The number of methoxy groups -OCH3 is 1. The number of hydrogen-bond donors (Lipinski definition) is 1. The zero-order valence-corrected chi connectivity index (χ0v) is 11.2. The SMILES string of the molecule is CCC(C)Nc1nc(COC)nc(Cl)c1[N+](=O)[O-]. The summed E-state index contributed by atoms with van der Waals surface area (Å²) in [6.45, 7) is 4.00. The second kappa shape index (κ2) is 6.46. The molecule has 1 heterocycles. The molecule has 7 nitrogen and oxygen atoms in total. The minimum absolute atomic E-state index is 0.0464. The number of nitro groups is 1. The number of hydrogen-bond acceptors (Lipinski definition) is 6. The van der Waals surface area contributed by atoms with Crippen molar-refractivity contribution in [3.05, 3.63) is 21.1 Å². The highest BCUT2D eigenvalue weighted by molar-refractivity contribution is 6.31. The van der Waals surface area contributed by atoms with Crippen molar-refractivity contribution in [2.24, 2.45) is 0 Å². The Bertz CT molecular complexity index is 441. The van der Waals surface area contributed by atoms with Crippen molar-refractivity contribution >= 4 is 23.1 Å². The van der Waals surface area contributed by atoms with Crippen LogP contribution in [0.15, 0.2) is 0 Å². The summed E-state index contributed by atoms with van der Waals surface area (Å²) >= 11 is 5.80. The van der Waals surface area contributed by atoms with E-state index >= 15 is 0 Å². The molecular weight excluding hydrogens is 260 g/mol. The van der Waals surface area contributed by atoms with Crippen LogP contribution in [0.5, 0.6) is 0 Å². The van der Waals surface area contributed by atoms with Gasteiger partial charge in [-0.1, -0.05) is 18.5 Å². The van der Waals surface area contributed by atoms with E-state index in [0.717, 1.165) is 6.42 Å². The summed E-state index contributed by atoms with van der Waals surface area (Å²) in [6.07, 6.45) is 0.804. The average molecular weight is 275 g/mol. The predicted octanol–water partition coefficient (Wildman–Crippen LogP) is 2.40. The maximum Gasteiger partial charge on any atom is 0.348 e. The van der Waals surface area contributed by atoms with E-state index in [1.807, 2.05) is 13.8 Å². The molecule has 0 amide bonds. The topological polar surface area (TPSA) is 90.2 Å². The Morgan fingerprint density at radius 2 is 2.22 bits per heavy atom. The highest BCUT2D eigenvalue weighted by atomic mass is 35.5. The highest BCUT2D eigenvalue weighted by Crippen LogP contribution is 2.30. The molecule has 0 spiro atoms. The molecular formula is C10H15ClN4O3. The lowest BCUT2D eigenvalue weighted by molar-refractivity contribution is -0.384. The van der Waals surface area contributed by atoms with Gasteiger partial charge in [0, 0.05) is 13.2 Å². The molecule has 1 unspecified atom stereocenters. The van der Waals surface area contributed by atoms with Gasteiger partial charge >= 0.3 is 5.69 Å². The summed E-state index contributed by atoms with van der Waals surface area (Å²) < 4.78 is 4.89. The third-order valence-electron chi connectivity index (χ3n) is 2.34. The van der Waals surface area contributed by atoms with Crippen molar-refractivity contribution in [3.63, 3.8) is 0 Å². The van der Waals surface area contributed by atoms with Crippen molar-refractivity contribution in [1.82, 2.24) is 9.97 Å². The van der Waals surface area contributed by atoms with E-state index in [2.05, 4.69) is 15.3 Å². The molecule has 1 N–H and O–H groups in total. The molecule has 1 atom stereocenters. The zero-order chi connectivity index (χ0) is 13.7. The van der Waals surface area contributed by atoms with Crippen LogP contribution in [0, 0.1) is 10.1 Å². The first-order chi connectivity index (χ1) is 8.49. The highest BCUT2D eigenvalue weighted by Gasteiger charge is 2.24. The van der Waals surface area contributed by atoms with Gasteiger partial charge in [0.2, 0.25) is 11.0 Å². The lowest BCUT2D eigenvalue weighted by Gasteiger charge is -2.13. The number of halogens is 1. The fourth-order valence-electron chi connectivity index (χ4n) is 1.26. The van der Waals surface area contributed by atoms with Gasteiger partial charge in [0.05, 0.1) is 4.92 Å². The monoisotopic (exact) mass is 274 g/mol. The van der Waals surface area contributed by atoms with Crippen LogP contribution in [0.3, 0.4) is 0 Å². The summed E-state index contributed by atoms with van der Waals surface area (Å²) in [7, 11) is 1.49. The molecule has 0 fully saturated rings. The molecule has 1 aromatic heterocycles.